The van der Waals surface area contributed by atoms with Crippen LogP contribution in [0.2, 0.25) is 0 Å². The Balaban J connectivity index is 1.38. The largest absolute Gasteiger partial charge is 0.367 e. The Hall–Kier alpha value is -6.28. The van der Waals surface area contributed by atoms with E-state index >= 15 is 0 Å². The fourth-order valence-electron chi connectivity index (χ4n) is 9.94. The quantitative estimate of drug-likeness (QED) is 0.103. The molecule has 9 heterocycles. The van der Waals surface area contributed by atoms with Gasteiger partial charge in [0.2, 0.25) is 0 Å². The van der Waals surface area contributed by atoms with Gasteiger partial charge in [-0.05, 0) is 123 Å². The molecule has 0 amide bonds. The molecule has 2 N–H and O–H groups in total. The number of fused-ring (bicyclic) bond motifs is 8. The molecular formula is C56H66N8. The van der Waals surface area contributed by atoms with Gasteiger partial charge >= 0.3 is 0 Å². The van der Waals surface area contributed by atoms with Crippen molar-refractivity contribution >= 4 is 46.4 Å². The van der Waals surface area contributed by atoms with Crippen molar-refractivity contribution in [2.24, 2.45) is 0 Å². The lowest BCUT2D eigenvalue weighted by Gasteiger charge is -2.32. The molecule has 8 heteroatoms. The van der Waals surface area contributed by atoms with Crippen molar-refractivity contribution in [3.63, 3.8) is 0 Å². The molecule has 64 heavy (non-hydrogen) atoms. The van der Waals surface area contributed by atoms with Gasteiger partial charge in [0.25, 0.3) is 0 Å². The lowest BCUT2D eigenvalue weighted by Crippen LogP contribution is -2.26. The van der Waals surface area contributed by atoms with Crippen molar-refractivity contribution in [3.05, 3.63) is 167 Å². The molecule has 0 fully saturated rings. The standard InChI is InChI=1S/C56H66N8/c1-5-9-33-61-37-17-13-21-49(61)53-41-25-27-43(57-41)54(50-22-14-18-38-62(50)34-10-6-2)45-29-31-47(59-45)56(52-24-16-20-40-64(52)36-12-8-4)48-32-30-46(60-48)55(44-28-26-42(53)58-44)51-23-15-19-39-63(51)35-11-7-3/h13-32,37-40,49-52,57-58H,5-12,33-36H2,1-4H3. The van der Waals surface area contributed by atoms with E-state index in [1.54, 1.807) is 0 Å². The molecule has 8 bridgehead atoms. The van der Waals surface area contributed by atoms with Crippen LogP contribution in [0.15, 0.2) is 122 Å². The third kappa shape index (κ3) is 8.80. The predicted molar refractivity (Wildman–Crippen MR) is 269 cm³/mol. The van der Waals surface area contributed by atoms with Crippen LogP contribution in [0.3, 0.4) is 0 Å². The van der Waals surface area contributed by atoms with Crippen LogP contribution in [0.4, 0.5) is 0 Å². The molecule has 0 aliphatic carbocycles. The molecule has 6 aliphatic heterocycles. The monoisotopic (exact) mass is 851 g/mol. The Morgan fingerprint density at radius 1 is 0.375 bits per heavy atom. The van der Waals surface area contributed by atoms with E-state index in [0.29, 0.717) is 0 Å². The molecule has 3 aromatic heterocycles. The number of aromatic amines is 2. The third-order valence-corrected chi connectivity index (χ3v) is 13.3. The van der Waals surface area contributed by atoms with Crippen LogP contribution >= 0.6 is 0 Å². The van der Waals surface area contributed by atoms with E-state index in [0.717, 1.165) is 128 Å². The van der Waals surface area contributed by atoms with Gasteiger partial charge in [0.1, 0.15) is 0 Å². The number of allylic oxidation sites excluding steroid dienone is 8. The summed E-state index contributed by atoms with van der Waals surface area (Å²) in [5.41, 5.74) is 12.9. The van der Waals surface area contributed by atoms with Gasteiger partial charge in [0, 0.05) is 70.5 Å². The van der Waals surface area contributed by atoms with Crippen LogP contribution in [0.5, 0.6) is 0 Å². The third-order valence-electron chi connectivity index (χ3n) is 13.3. The highest BCUT2D eigenvalue weighted by Gasteiger charge is 2.30. The first-order chi connectivity index (χ1) is 31.6. The number of nitrogens with zero attached hydrogens (tertiary/aromatic N) is 6. The summed E-state index contributed by atoms with van der Waals surface area (Å²) in [6.07, 6.45) is 53.8. The SMILES string of the molecule is CCCCN1C=CC=CC1c1c2nc(c(C3C=CC=CN3CCCC)c3ccc([nH]3)c(C3C=CC=CN3CCCC)c3ccc([nH]3)c(C3C=CC=CN3CCCC)c3nc1C=C3)C=C2. The van der Waals surface area contributed by atoms with Gasteiger partial charge in [-0.3, -0.25) is 0 Å². The molecule has 6 aliphatic rings. The summed E-state index contributed by atoms with van der Waals surface area (Å²) in [6, 6.07) is 9.19. The van der Waals surface area contributed by atoms with Crippen LogP contribution in [-0.4, -0.2) is 65.7 Å². The predicted octanol–water partition coefficient (Wildman–Crippen LogP) is 13.6. The highest BCUT2D eigenvalue weighted by molar-refractivity contribution is 5.85. The average Bonchev–Trinajstić information content (AvgIpc) is 4.19. The van der Waals surface area contributed by atoms with E-state index in [1.807, 2.05) is 0 Å². The fraction of sp³-hybridized carbons (Fsp3) is 0.357. The Bertz CT molecular complexity index is 2500. The van der Waals surface area contributed by atoms with E-state index in [4.69, 9.17) is 9.97 Å². The topological polar surface area (TPSA) is 70.3 Å². The van der Waals surface area contributed by atoms with Gasteiger partial charge < -0.3 is 29.6 Å². The first-order valence-electron chi connectivity index (χ1n) is 24.2. The normalized spacial score (nSPS) is 20.8. The number of rotatable bonds is 16. The lowest BCUT2D eigenvalue weighted by molar-refractivity contribution is 0.313. The van der Waals surface area contributed by atoms with Crippen LogP contribution < -0.4 is 0 Å². The zero-order chi connectivity index (χ0) is 43.8. The minimum absolute atomic E-state index is 0.000128. The van der Waals surface area contributed by atoms with E-state index in [-0.39, 0.29) is 24.2 Å². The van der Waals surface area contributed by atoms with Gasteiger partial charge in [-0.2, -0.15) is 0 Å². The number of unbranched alkanes of at least 4 members (excludes halogenated alkanes) is 4. The molecule has 0 saturated carbocycles. The van der Waals surface area contributed by atoms with Crippen LogP contribution in [0, 0.1) is 0 Å². The molecule has 3 aromatic rings. The minimum Gasteiger partial charge on any atom is -0.367 e. The lowest BCUT2D eigenvalue weighted by atomic mass is 9.99. The number of aromatic nitrogens is 4. The van der Waals surface area contributed by atoms with Gasteiger partial charge in [-0.25, -0.2) is 9.97 Å². The van der Waals surface area contributed by atoms with Crippen molar-refractivity contribution in [2.45, 2.75) is 103 Å². The summed E-state index contributed by atoms with van der Waals surface area (Å²) in [6.45, 7) is 12.9. The molecule has 0 radical (unpaired) electrons. The van der Waals surface area contributed by atoms with Gasteiger partial charge in [0.05, 0.1) is 46.9 Å². The molecular weight excluding hydrogens is 785 g/mol. The van der Waals surface area contributed by atoms with Crippen molar-refractivity contribution in [3.8, 4) is 0 Å². The molecule has 0 spiro atoms. The zero-order valence-electron chi connectivity index (χ0n) is 38.3. The maximum atomic E-state index is 5.69. The van der Waals surface area contributed by atoms with Crippen LogP contribution in [-0.2, 0) is 0 Å². The smallest absolute Gasteiger partial charge is 0.0766 e. The molecule has 8 nitrogen and oxygen atoms in total. The molecule has 0 aromatic carbocycles. The number of H-pyrrole nitrogens is 2. The summed E-state index contributed by atoms with van der Waals surface area (Å²) < 4.78 is 0. The highest BCUT2D eigenvalue weighted by atomic mass is 15.2. The number of nitrogens with one attached hydrogen (secondary N) is 2. The minimum atomic E-state index is -0.0236. The summed E-state index contributed by atoms with van der Waals surface area (Å²) in [7, 11) is 0. The second-order valence-electron chi connectivity index (χ2n) is 17.7. The first-order valence-corrected chi connectivity index (χ1v) is 24.2. The average molecular weight is 851 g/mol. The highest BCUT2D eigenvalue weighted by Crippen LogP contribution is 2.40. The fourth-order valence-corrected chi connectivity index (χ4v) is 9.94. The van der Waals surface area contributed by atoms with Crippen LogP contribution in [0.1, 0.15) is 148 Å². The maximum Gasteiger partial charge on any atom is 0.0766 e. The Morgan fingerprint density at radius 2 is 0.656 bits per heavy atom. The molecule has 330 valence electrons. The van der Waals surface area contributed by atoms with E-state index in [2.05, 4.69) is 204 Å². The first kappa shape index (κ1) is 43.0. The van der Waals surface area contributed by atoms with Gasteiger partial charge in [-0.15, -0.1) is 0 Å². The Morgan fingerprint density at radius 3 is 0.984 bits per heavy atom. The van der Waals surface area contributed by atoms with Crippen molar-refractivity contribution in [1.82, 2.24) is 39.5 Å². The van der Waals surface area contributed by atoms with Gasteiger partial charge in [0.15, 0.2) is 0 Å². The number of hydrogen-bond donors (Lipinski definition) is 2. The van der Waals surface area contributed by atoms with E-state index < -0.39 is 0 Å². The summed E-state index contributed by atoms with van der Waals surface area (Å²) in [4.78, 5) is 29.5. The molecule has 4 atom stereocenters. The van der Waals surface area contributed by atoms with E-state index in [1.165, 1.54) is 16.7 Å². The Labute approximate surface area is 380 Å². The van der Waals surface area contributed by atoms with E-state index in [9.17, 15) is 0 Å². The molecule has 0 saturated heterocycles. The molecule has 4 unspecified atom stereocenters. The molecule has 9 rings (SSSR count). The summed E-state index contributed by atoms with van der Waals surface area (Å²) in [5, 5.41) is 0. The second kappa shape index (κ2) is 20.0. The number of hydrogen-bond acceptors (Lipinski definition) is 6. The zero-order valence-corrected chi connectivity index (χ0v) is 38.3. The van der Waals surface area contributed by atoms with Gasteiger partial charge in [-0.1, -0.05) is 102 Å². The van der Waals surface area contributed by atoms with Crippen LogP contribution in [0.25, 0.3) is 46.4 Å². The maximum absolute atomic E-state index is 5.69. The van der Waals surface area contributed by atoms with Crippen molar-refractivity contribution in [2.75, 3.05) is 26.2 Å². The summed E-state index contributed by atoms with van der Waals surface area (Å²) in [5.74, 6) is 0. The Kier molecular flexibility index (Phi) is 13.5. The summed E-state index contributed by atoms with van der Waals surface area (Å²) >= 11 is 0. The van der Waals surface area contributed by atoms with Crippen molar-refractivity contribution < 1.29 is 0 Å². The van der Waals surface area contributed by atoms with Crippen molar-refractivity contribution in [1.29, 1.82) is 0 Å². The second-order valence-corrected chi connectivity index (χ2v) is 17.7.